The van der Waals surface area contributed by atoms with E-state index in [1.807, 2.05) is 11.6 Å². The van der Waals surface area contributed by atoms with Gasteiger partial charge in [-0.3, -0.25) is 0 Å². The van der Waals surface area contributed by atoms with Gasteiger partial charge in [-0.15, -0.1) is 10.2 Å². The van der Waals surface area contributed by atoms with Gasteiger partial charge in [0.05, 0.1) is 0 Å². The maximum Gasteiger partial charge on any atom is 0.191 e. The molecule has 0 radical (unpaired) electrons. The molecule has 1 rings (SSSR count). The molecular weight excluding hydrogens is 264 g/mol. The molecule has 0 bridgehead atoms. The third-order valence-electron chi connectivity index (χ3n) is 3.40. The lowest BCUT2D eigenvalue weighted by Crippen LogP contribution is -2.42. The number of rotatable bonds is 9. The fourth-order valence-electron chi connectivity index (χ4n) is 2.10. The Morgan fingerprint density at radius 1 is 1.33 bits per heavy atom. The molecule has 0 aliphatic heterocycles. The molecular formula is C15H30N6. The van der Waals surface area contributed by atoms with Gasteiger partial charge in [0.25, 0.3) is 0 Å². The lowest BCUT2D eigenvalue weighted by molar-refractivity contribution is 0.537. The largest absolute Gasteiger partial charge is 0.357 e. The van der Waals surface area contributed by atoms with Gasteiger partial charge in [-0.25, -0.2) is 4.99 Å². The topological polar surface area (TPSA) is 67.1 Å². The van der Waals surface area contributed by atoms with Crippen LogP contribution in [0.15, 0.2) is 11.3 Å². The van der Waals surface area contributed by atoms with E-state index in [-0.39, 0.29) is 0 Å². The summed E-state index contributed by atoms with van der Waals surface area (Å²) in [5.41, 5.74) is 0. The molecule has 0 saturated heterocycles. The third kappa shape index (κ3) is 7.11. The van der Waals surface area contributed by atoms with Crippen LogP contribution in [0.1, 0.15) is 58.7 Å². The van der Waals surface area contributed by atoms with Crippen LogP contribution in [0.2, 0.25) is 0 Å². The fourth-order valence-corrected chi connectivity index (χ4v) is 2.10. The average molecular weight is 294 g/mol. The number of hydrogen-bond acceptors (Lipinski definition) is 3. The first-order chi connectivity index (χ1) is 10.2. The van der Waals surface area contributed by atoms with Gasteiger partial charge < -0.3 is 15.2 Å². The zero-order valence-corrected chi connectivity index (χ0v) is 13.9. The maximum atomic E-state index is 4.57. The van der Waals surface area contributed by atoms with Gasteiger partial charge in [0.2, 0.25) is 0 Å². The Hall–Kier alpha value is -1.59. The molecule has 2 N–H and O–H groups in total. The van der Waals surface area contributed by atoms with E-state index >= 15 is 0 Å². The van der Waals surface area contributed by atoms with E-state index in [4.69, 9.17) is 0 Å². The first-order valence-corrected chi connectivity index (χ1v) is 8.05. The molecule has 0 fully saturated rings. The zero-order valence-electron chi connectivity index (χ0n) is 13.9. The quantitative estimate of drug-likeness (QED) is 0.416. The van der Waals surface area contributed by atoms with Crippen LogP contribution in [-0.2, 0) is 13.6 Å². The number of nitrogens with zero attached hydrogens (tertiary/aromatic N) is 4. The molecule has 120 valence electrons. The minimum Gasteiger partial charge on any atom is -0.357 e. The van der Waals surface area contributed by atoms with Crippen LogP contribution in [-0.4, -0.2) is 33.3 Å². The molecule has 0 saturated carbocycles. The Labute approximate surface area is 128 Å². The molecule has 1 aromatic heterocycles. The van der Waals surface area contributed by atoms with Gasteiger partial charge >= 0.3 is 0 Å². The highest BCUT2D eigenvalue weighted by Crippen LogP contribution is 2.05. The van der Waals surface area contributed by atoms with Crippen molar-refractivity contribution < 1.29 is 0 Å². The van der Waals surface area contributed by atoms with Crippen molar-refractivity contribution in [2.75, 3.05) is 6.54 Å². The molecule has 6 nitrogen and oxygen atoms in total. The molecule has 1 aromatic rings. The number of hydrogen-bond donors (Lipinski definition) is 2. The van der Waals surface area contributed by atoms with Crippen LogP contribution in [0.25, 0.3) is 0 Å². The van der Waals surface area contributed by atoms with Gasteiger partial charge in [-0.2, -0.15) is 0 Å². The summed E-state index contributed by atoms with van der Waals surface area (Å²) in [6.07, 6.45) is 8.06. The highest BCUT2D eigenvalue weighted by Gasteiger charge is 2.06. The minimum atomic E-state index is 0.430. The lowest BCUT2D eigenvalue weighted by Gasteiger charge is -2.17. The van der Waals surface area contributed by atoms with E-state index in [1.54, 1.807) is 6.33 Å². The summed E-state index contributed by atoms with van der Waals surface area (Å²) in [5.74, 6) is 1.71. The molecule has 0 aliphatic rings. The van der Waals surface area contributed by atoms with Crippen LogP contribution in [0, 0.1) is 0 Å². The van der Waals surface area contributed by atoms with Crippen molar-refractivity contribution in [2.24, 2.45) is 12.0 Å². The van der Waals surface area contributed by atoms with Crippen molar-refractivity contribution in [3.63, 3.8) is 0 Å². The second-order valence-electron chi connectivity index (χ2n) is 5.45. The van der Waals surface area contributed by atoms with E-state index < -0.39 is 0 Å². The fraction of sp³-hybridized carbons (Fsp3) is 0.800. The molecule has 1 heterocycles. The number of aromatic nitrogens is 3. The summed E-state index contributed by atoms with van der Waals surface area (Å²) in [6.45, 7) is 7.91. The first kappa shape index (κ1) is 17.5. The Kier molecular flexibility index (Phi) is 8.47. The van der Waals surface area contributed by atoms with E-state index in [1.165, 1.54) is 32.1 Å². The number of aliphatic imine (C=N–C) groups is 1. The summed E-state index contributed by atoms with van der Waals surface area (Å²) in [5, 5.41) is 14.7. The normalized spacial score (nSPS) is 13.2. The van der Waals surface area contributed by atoms with Crippen LogP contribution in [0.4, 0.5) is 0 Å². The first-order valence-electron chi connectivity index (χ1n) is 8.05. The highest BCUT2D eigenvalue weighted by molar-refractivity contribution is 5.79. The van der Waals surface area contributed by atoms with Gasteiger partial charge in [-0.05, 0) is 20.3 Å². The second kappa shape index (κ2) is 10.2. The molecule has 1 atom stereocenters. The molecule has 0 amide bonds. The number of nitrogens with one attached hydrogen (secondary N) is 2. The Morgan fingerprint density at radius 3 is 2.76 bits per heavy atom. The second-order valence-corrected chi connectivity index (χ2v) is 5.45. The van der Waals surface area contributed by atoms with Gasteiger partial charge in [0.15, 0.2) is 11.8 Å². The van der Waals surface area contributed by atoms with E-state index in [0.717, 1.165) is 18.3 Å². The lowest BCUT2D eigenvalue weighted by atomic mass is 10.1. The summed E-state index contributed by atoms with van der Waals surface area (Å²) in [4.78, 5) is 4.57. The van der Waals surface area contributed by atoms with Gasteiger partial charge in [0.1, 0.15) is 12.9 Å². The van der Waals surface area contributed by atoms with E-state index in [9.17, 15) is 0 Å². The minimum absolute atomic E-state index is 0.430. The number of guanidine groups is 1. The summed E-state index contributed by atoms with van der Waals surface area (Å²) in [7, 11) is 1.93. The zero-order chi connectivity index (χ0) is 15.5. The number of aryl methyl sites for hydroxylation is 1. The highest BCUT2D eigenvalue weighted by atomic mass is 15.3. The van der Waals surface area contributed by atoms with Crippen LogP contribution < -0.4 is 10.6 Å². The molecule has 1 unspecified atom stereocenters. The van der Waals surface area contributed by atoms with Crippen molar-refractivity contribution in [1.82, 2.24) is 25.4 Å². The van der Waals surface area contributed by atoms with Crippen molar-refractivity contribution >= 4 is 5.96 Å². The molecule has 0 aromatic carbocycles. The molecule has 0 spiro atoms. The van der Waals surface area contributed by atoms with Crippen LogP contribution in [0.5, 0.6) is 0 Å². The van der Waals surface area contributed by atoms with Gasteiger partial charge in [0, 0.05) is 19.6 Å². The SMILES string of the molecule is CCCCCCC(C)NC(=NCc1nncn1C)NCC. The molecule has 6 heteroatoms. The smallest absolute Gasteiger partial charge is 0.191 e. The molecule has 21 heavy (non-hydrogen) atoms. The van der Waals surface area contributed by atoms with Crippen molar-refractivity contribution in [2.45, 2.75) is 65.5 Å². The van der Waals surface area contributed by atoms with Crippen molar-refractivity contribution in [3.05, 3.63) is 12.2 Å². The van der Waals surface area contributed by atoms with Crippen LogP contribution in [0.3, 0.4) is 0 Å². The Balaban J connectivity index is 2.42. The summed E-state index contributed by atoms with van der Waals surface area (Å²) in [6, 6.07) is 0.430. The van der Waals surface area contributed by atoms with E-state index in [0.29, 0.717) is 12.6 Å². The average Bonchev–Trinajstić information content (AvgIpc) is 2.87. The summed E-state index contributed by atoms with van der Waals surface area (Å²) < 4.78 is 1.89. The Bertz CT molecular complexity index is 412. The predicted octanol–water partition coefficient (Wildman–Crippen LogP) is 2.23. The van der Waals surface area contributed by atoms with Crippen molar-refractivity contribution in [3.8, 4) is 0 Å². The monoisotopic (exact) mass is 294 g/mol. The summed E-state index contributed by atoms with van der Waals surface area (Å²) >= 11 is 0. The Morgan fingerprint density at radius 2 is 2.14 bits per heavy atom. The molecule has 0 aliphatic carbocycles. The van der Waals surface area contributed by atoms with Gasteiger partial charge in [-0.1, -0.05) is 32.6 Å². The van der Waals surface area contributed by atoms with Crippen LogP contribution >= 0.6 is 0 Å². The van der Waals surface area contributed by atoms with E-state index in [2.05, 4.69) is 46.6 Å². The predicted molar refractivity (Wildman–Crippen MR) is 87.2 cm³/mol. The maximum absolute atomic E-state index is 4.57. The van der Waals surface area contributed by atoms with Crippen molar-refractivity contribution in [1.29, 1.82) is 0 Å². The third-order valence-corrected chi connectivity index (χ3v) is 3.40. The standard InChI is InChI=1S/C15H30N6/c1-5-7-8-9-10-13(3)19-15(16-6-2)17-11-14-20-18-12-21(14)4/h12-13H,5-11H2,1-4H3,(H2,16,17,19). The number of unbranched alkanes of at least 4 members (excludes halogenated alkanes) is 3.